The van der Waals surface area contributed by atoms with Gasteiger partial charge in [-0.3, -0.25) is 9.59 Å². The van der Waals surface area contributed by atoms with Crippen molar-refractivity contribution in [3.05, 3.63) is 29.0 Å². The minimum atomic E-state index is -0.528. The topological polar surface area (TPSA) is 34.1 Å². The molecule has 1 rings (SSSR count). The Morgan fingerprint density at radius 2 is 0.773 bits per heavy atom. The molecule has 0 spiro atoms. The Kier molecular flexibility index (Phi) is 6.32. The Morgan fingerprint density at radius 3 is 0.909 bits per heavy atom. The van der Waals surface area contributed by atoms with Gasteiger partial charge in [-0.2, -0.15) is 0 Å². The van der Waals surface area contributed by atoms with E-state index in [0.29, 0.717) is 29.0 Å². The Bertz CT molecular complexity index is 564. The first-order chi connectivity index (χ1) is 9.71. The predicted octanol–water partition coefficient (Wildman–Crippen LogP) is 7.19. The lowest BCUT2D eigenvalue weighted by molar-refractivity contribution is 0.0845. The van der Waals surface area contributed by atoms with Crippen LogP contribution < -0.4 is 0 Å². The van der Waals surface area contributed by atoms with E-state index in [2.05, 4.69) is 63.7 Å². The van der Waals surface area contributed by atoms with Crippen LogP contribution >= 0.6 is 63.7 Å². The molecule has 2 nitrogen and oxygen atoms in total. The van der Waals surface area contributed by atoms with Gasteiger partial charge < -0.3 is 0 Å². The largest absolute Gasteiger partial charge is 0.294 e. The summed E-state index contributed by atoms with van der Waals surface area (Å²) in [6, 6.07) is 0. The lowest BCUT2D eigenvalue weighted by Crippen LogP contribution is -2.24. The van der Waals surface area contributed by atoms with Gasteiger partial charge in [-0.05, 0) is 63.7 Å². The van der Waals surface area contributed by atoms with Crippen LogP contribution in [0.1, 0.15) is 62.3 Å². The number of carbonyl (C=O) groups excluding carboxylic acids is 2. The Labute approximate surface area is 165 Å². The first-order valence-electron chi connectivity index (χ1n) is 6.66. The molecule has 122 valence electrons. The number of carbonyl (C=O) groups is 2. The summed E-state index contributed by atoms with van der Waals surface area (Å²) in [7, 11) is 0. The van der Waals surface area contributed by atoms with Crippen molar-refractivity contribution in [3.8, 4) is 0 Å². The van der Waals surface area contributed by atoms with Crippen LogP contribution in [0.25, 0.3) is 0 Å². The van der Waals surface area contributed by atoms with Crippen molar-refractivity contribution < 1.29 is 9.59 Å². The highest BCUT2D eigenvalue weighted by molar-refractivity contribution is 9.14. The van der Waals surface area contributed by atoms with Crippen LogP contribution in [-0.2, 0) is 0 Å². The van der Waals surface area contributed by atoms with Gasteiger partial charge in [0.1, 0.15) is 0 Å². The summed E-state index contributed by atoms with van der Waals surface area (Å²) in [4.78, 5) is 25.4. The van der Waals surface area contributed by atoms with Gasteiger partial charge >= 0.3 is 0 Å². The molecule has 0 saturated heterocycles. The lowest BCUT2D eigenvalue weighted by atomic mass is 9.84. The Hall–Kier alpha value is 0.480. The van der Waals surface area contributed by atoms with Crippen molar-refractivity contribution in [2.75, 3.05) is 0 Å². The molecule has 0 aromatic heterocycles. The molecule has 0 fully saturated rings. The van der Waals surface area contributed by atoms with Crippen molar-refractivity contribution in [1.82, 2.24) is 0 Å². The zero-order valence-electron chi connectivity index (χ0n) is 13.3. The van der Waals surface area contributed by atoms with Gasteiger partial charge in [-0.15, -0.1) is 0 Å². The van der Waals surface area contributed by atoms with Crippen LogP contribution in [0.15, 0.2) is 17.9 Å². The van der Waals surface area contributed by atoms with Gasteiger partial charge in [0.05, 0.1) is 0 Å². The van der Waals surface area contributed by atoms with Gasteiger partial charge in [0.25, 0.3) is 0 Å². The SMILES string of the molecule is CC(C)(C)C(=O)c1c(Br)c(Br)c(C(=O)C(C)(C)C)c(Br)c1Br. The number of Topliss-reactive ketones (excluding diaryl/α,β-unsaturated/α-hetero) is 2. The summed E-state index contributed by atoms with van der Waals surface area (Å²) >= 11 is 13.9. The zero-order chi connectivity index (χ0) is 17.6. The second-order valence-electron chi connectivity index (χ2n) is 7.16. The van der Waals surface area contributed by atoms with E-state index in [1.165, 1.54) is 0 Å². The van der Waals surface area contributed by atoms with E-state index in [1.54, 1.807) is 0 Å². The molecule has 0 atom stereocenters. The molecule has 22 heavy (non-hydrogen) atoms. The van der Waals surface area contributed by atoms with Gasteiger partial charge in [0.15, 0.2) is 11.6 Å². The van der Waals surface area contributed by atoms with Crippen LogP contribution in [0.2, 0.25) is 0 Å². The van der Waals surface area contributed by atoms with Gasteiger partial charge in [-0.1, -0.05) is 41.5 Å². The minimum absolute atomic E-state index is 0.0117. The van der Waals surface area contributed by atoms with E-state index in [9.17, 15) is 9.59 Å². The monoisotopic (exact) mass is 558 g/mol. The molecule has 0 N–H and O–H groups in total. The van der Waals surface area contributed by atoms with Crippen molar-refractivity contribution in [3.63, 3.8) is 0 Å². The minimum Gasteiger partial charge on any atom is -0.294 e. The van der Waals surface area contributed by atoms with E-state index in [1.807, 2.05) is 41.5 Å². The maximum absolute atomic E-state index is 12.7. The third kappa shape index (κ3) is 3.93. The van der Waals surface area contributed by atoms with E-state index < -0.39 is 10.8 Å². The molecule has 0 heterocycles. The van der Waals surface area contributed by atoms with Gasteiger partial charge in [0, 0.05) is 39.8 Å². The highest BCUT2D eigenvalue weighted by Crippen LogP contribution is 2.45. The maximum Gasteiger partial charge on any atom is 0.170 e. The fourth-order valence-corrected chi connectivity index (χ4v) is 4.62. The molecule has 0 aliphatic heterocycles. The van der Waals surface area contributed by atoms with Crippen LogP contribution in [0.3, 0.4) is 0 Å². The molecule has 6 heteroatoms. The number of halogens is 4. The second-order valence-corrected chi connectivity index (χ2v) is 10.3. The number of benzene rings is 1. The highest BCUT2D eigenvalue weighted by atomic mass is 79.9. The van der Waals surface area contributed by atoms with Crippen molar-refractivity contribution in [2.45, 2.75) is 41.5 Å². The van der Waals surface area contributed by atoms with Crippen LogP contribution in [0.5, 0.6) is 0 Å². The molecular formula is C16H18Br4O2. The summed E-state index contributed by atoms with van der Waals surface area (Å²) in [5, 5.41) is 0. The molecular weight excluding hydrogens is 544 g/mol. The van der Waals surface area contributed by atoms with E-state index in [4.69, 9.17) is 0 Å². The molecule has 1 aromatic rings. The normalized spacial score (nSPS) is 12.5. The van der Waals surface area contributed by atoms with Crippen LogP contribution in [0, 0.1) is 10.8 Å². The smallest absolute Gasteiger partial charge is 0.170 e. The fourth-order valence-electron chi connectivity index (χ4n) is 1.78. The first-order valence-corrected chi connectivity index (χ1v) is 9.84. The van der Waals surface area contributed by atoms with Gasteiger partial charge in [-0.25, -0.2) is 0 Å². The van der Waals surface area contributed by atoms with Gasteiger partial charge in [0.2, 0.25) is 0 Å². The zero-order valence-corrected chi connectivity index (χ0v) is 19.7. The van der Waals surface area contributed by atoms with E-state index in [0.717, 1.165) is 0 Å². The van der Waals surface area contributed by atoms with Crippen molar-refractivity contribution >= 4 is 75.3 Å². The average molecular weight is 562 g/mol. The first kappa shape index (κ1) is 20.5. The van der Waals surface area contributed by atoms with Crippen molar-refractivity contribution in [1.29, 1.82) is 0 Å². The molecule has 0 aliphatic rings. The average Bonchev–Trinajstić information content (AvgIpc) is 2.34. The Balaban J connectivity index is 3.74. The lowest BCUT2D eigenvalue weighted by Gasteiger charge is -2.24. The van der Waals surface area contributed by atoms with Crippen LogP contribution in [0.4, 0.5) is 0 Å². The fraction of sp³-hybridized carbons (Fsp3) is 0.500. The summed E-state index contributed by atoms with van der Waals surface area (Å²) in [6.45, 7) is 11.2. The molecule has 0 unspecified atom stereocenters. The predicted molar refractivity (Wildman–Crippen MR) is 105 cm³/mol. The standard InChI is InChI=1S/C16H18Br4O2/c1-15(2,3)13(21)7-9(17)11(19)8(12(20)10(7)18)14(22)16(4,5)6/h1-6H3. The number of hydrogen-bond donors (Lipinski definition) is 0. The maximum atomic E-state index is 12.7. The molecule has 1 aromatic carbocycles. The third-order valence-corrected chi connectivity index (χ3v) is 7.32. The number of hydrogen-bond acceptors (Lipinski definition) is 2. The quantitative estimate of drug-likeness (QED) is 0.283. The number of ketones is 2. The summed E-state index contributed by atoms with van der Waals surface area (Å²) in [5.41, 5.74) is -0.00714. The Morgan fingerprint density at radius 1 is 0.591 bits per heavy atom. The summed E-state index contributed by atoms with van der Waals surface area (Å²) in [6.07, 6.45) is 0. The highest BCUT2D eigenvalue weighted by Gasteiger charge is 2.34. The third-order valence-electron chi connectivity index (χ3n) is 3.08. The second kappa shape index (κ2) is 6.77. The molecule has 0 aliphatic carbocycles. The van der Waals surface area contributed by atoms with E-state index in [-0.39, 0.29) is 11.6 Å². The van der Waals surface area contributed by atoms with Crippen LogP contribution in [-0.4, -0.2) is 11.6 Å². The van der Waals surface area contributed by atoms with Crippen molar-refractivity contribution in [2.24, 2.45) is 10.8 Å². The van der Waals surface area contributed by atoms with E-state index >= 15 is 0 Å². The number of rotatable bonds is 2. The molecule has 0 radical (unpaired) electrons. The molecule has 0 saturated carbocycles. The molecule has 0 amide bonds. The summed E-state index contributed by atoms with van der Waals surface area (Å²) < 4.78 is 2.37. The summed E-state index contributed by atoms with van der Waals surface area (Å²) in [5.74, 6) is -0.0233. The molecule has 0 bridgehead atoms.